The van der Waals surface area contributed by atoms with Gasteiger partial charge in [-0.15, -0.1) is 0 Å². The van der Waals surface area contributed by atoms with Crippen LogP contribution in [0.2, 0.25) is 0 Å². The Morgan fingerprint density at radius 2 is 1.39 bits per heavy atom. The molecule has 10 rings (SSSR count). The van der Waals surface area contributed by atoms with Crippen LogP contribution in [0.3, 0.4) is 0 Å². The quantitative estimate of drug-likeness (QED) is 0.204. The minimum atomic E-state index is -0.561. The van der Waals surface area contributed by atoms with Crippen molar-refractivity contribution in [2.75, 3.05) is 0 Å². The highest BCUT2D eigenvalue weighted by atomic mass is 16.5. The van der Waals surface area contributed by atoms with Crippen LogP contribution in [0.4, 0.5) is 0 Å². The smallest absolute Gasteiger partial charge is 0.142 e. The van der Waals surface area contributed by atoms with Crippen LogP contribution in [0.15, 0.2) is 156 Å². The minimum absolute atomic E-state index is 0.0900. The van der Waals surface area contributed by atoms with Gasteiger partial charge in [0.15, 0.2) is 0 Å². The van der Waals surface area contributed by atoms with Gasteiger partial charge in [0.1, 0.15) is 22.5 Å². The highest BCUT2D eigenvalue weighted by Gasteiger charge is 2.48. The van der Waals surface area contributed by atoms with Crippen molar-refractivity contribution < 1.29 is 9.15 Å². The number of benzene rings is 6. The van der Waals surface area contributed by atoms with Crippen molar-refractivity contribution in [1.29, 1.82) is 0 Å². The lowest BCUT2D eigenvalue weighted by Gasteiger charge is -2.34. The topological polar surface area (TPSA) is 27.3 Å². The third kappa shape index (κ3) is 3.48. The maximum Gasteiger partial charge on any atom is 0.142 e. The molecule has 3 heteroatoms. The SMILES string of the molecule is CC12Oc3c(ccc4c3c3ccccc3n4-c3cccc(-c4ccccc4)c3)C1C=CC=C2c1ccc2oc3ccccc3c2c1. The number of hydrogen-bond acceptors (Lipinski definition) is 2. The zero-order chi connectivity index (χ0) is 30.4. The largest absolute Gasteiger partial charge is 0.481 e. The Balaban J connectivity index is 1.14. The molecule has 0 amide bonds. The molecule has 0 fully saturated rings. The molecular formula is C43H29NO2. The number of furan rings is 1. The predicted octanol–water partition coefficient (Wildman–Crippen LogP) is 11.2. The fourth-order valence-corrected chi connectivity index (χ4v) is 7.92. The molecule has 2 aromatic heterocycles. The number of fused-ring (bicyclic) bond motifs is 10. The number of hydrogen-bond donors (Lipinski definition) is 0. The van der Waals surface area contributed by atoms with Crippen molar-refractivity contribution in [1.82, 2.24) is 4.57 Å². The zero-order valence-corrected chi connectivity index (χ0v) is 25.3. The summed E-state index contributed by atoms with van der Waals surface area (Å²) in [4.78, 5) is 0. The summed E-state index contributed by atoms with van der Waals surface area (Å²) in [5, 5.41) is 4.62. The van der Waals surface area contributed by atoms with E-state index in [0.29, 0.717) is 0 Å². The van der Waals surface area contributed by atoms with E-state index in [0.717, 1.165) is 49.8 Å². The van der Waals surface area contributed by atoms with E-state index in [1.54, 1.807) is 0 Å². The highest BCUT2D eigenvalue weighted by Crippen LogP contribution is 2.56. The molecule has 6 aromatic carbocycles. The van der Waals surface area contributed by atoms with Crippen LogP contribution in [0, 0.1) is 0 Å². The lowest BCUT2D eigenvalue weighted by atomic mass is 9.74. The Bertz CT molecular complexity index is 2580. The number of rotatable bonds is 3. The van der Waals surface area contributed by atoms with Crippen LogP contribution in [0.1, 0.15) is 24.0 Å². The molecular weight excluding hydrogens is 562 g/mol. The second-order valence-corrected chi connectivity index (χ2v) is 12.6. The van der Waals surface area contributed by atoms with Crippen LogP contribution < -0.4 is 4.74 Å². The van der Waals surface area contributed by atoms with Crippen molar-refractivity contribution in [2.45, 2.75) is 18.4 Å². The van der Waals surface area contributed by atoms with Crippen molar-refractivity contribution >= 4 is 49.3 Å². The molecule has 0 bridgehead atoms. The Labute approximate surface area is 266 Å². The van der Waals surface area contributed by atoms with Gasteiger partial charge in [-0.05, 0) is 66.1 Å². The molecule has 8 aromatic rings. The van der Waals surface area contributed by atoms with Gasteiger partial charge in [0, 0.05) is 38.9 Å². The summed E-state index contributed by atoms with van der Waals surface area (Å²) in [6.07, 6.45) is 6.72. The van der Waals surface area contributed by atoms with Gasteiger partial charge in [-0.2, -0.15) is 0 Å². The first-order chi connectivity index (χ1) is 22.7. The second-order valence-electron chi connectivity index (χ2n) is 12.6. The van der Waals surface area contributed by atoms with E-state index in [4.69, 9.17) is 9.15 Å². The number of aromatic nitrogens is 1. The number of nitrogens with zero attached hydrogens (tertiary/aromatic N) is 1. The van der Waals surface area contributed by atoms with E-state index in [9.17, 15) is 0 Å². The van der Waals surface area contributed by atoms with Crippen LogP contribution in [0.25, 0.3) is 66.1 Å². The van der Waals surface area contributed by atoms with Gasteiger partial charge in [-0.25, -0.2) is 0 Å². The average Bonchev–Trinajstić information content (AvgIpc) is 3.75. The third-order valence-electron chi connectivity index (χ3n) is 10.1. The Morgan fingerprint density at radius 1 is 0.609 bits per heavy atom. The number of allylic oxidation sites excluding steroid dienone is 2. The van der Waals surface area contributed by atoms with Crippen molar-refractivity contribution in [3.05, 3.63) is 163 Å². The van der Waals surface area contributed by atoms with E-state index < -0.39 is 5.60 Å². The summed E-state index contributed by atoms with van der Waals surface area (Å²) in [5.74, 6) is 1.07. The first-order valence-electron chi connectivity index (χ1n) is 15.9. The molecule has 0 spiro atoms. The number of ether oxygens (including phenoxy) is 1. The first-order valence-corrected chi connectivity index (χ1v) is 15.9. The Morgan fingerprint density at radius 3 is 2.30 bits per heavy atom. The van der Waals surface area contributed by atoms with Crippen LogP contribution in [0.5, 0.6) is 5.75 Å². The lowest BCUT2D eigenvalue weighted by Crippen LogP contribution is -2.36. The fraction of sp³-hybridized carbons (Fsp3) is 0.0698. The van der Waals surface area contributed by atoms with Gasteiger partial charge in [0.25, 0.3) is 0 Å². The molecule has 1 aliphatic heterocycles. The summed E-state index contributed by atoms with van der Waals surface area (Å²) >= 11 is 0. The monoisotopic (exact) mass is 591 g/mol. The summed E-state index contributed by atoms with van der Waals surface area (Å²) in [5.41, 5.74) is 10.7. The molecule has 2 aliphatic rings. The van der Waals surface area contributed by atoms with Gasteiger partial charge < -0.3 is 13.7 Å². The molecule has 0 N–H and O–H groups in total. The summed E-state index contributed by atoms with van der Waals surface area (Å²) in [7, 11) is 0. The van der Waals surface area contributed by atoms with E-state index in [1.807, 2.05) is 12.1 Å². The Hall–Kier alpha value is -5.80. The molecule has 2 atom stereocenters. The molecule has 3 nitrogen and oxygen atoms in total. The molecule has 0 saturated carbocycles. The maximum atomic E-state index is 7.25. The Kier molecular flexibility index (Phi) is 5.19. The predicted molar refractivity (Wildman–Crippen MR) is 189 cm³/mol. The molecule has 46 heavy (non-hydrogen) atoms. The highest BCUT2D eigenvalue weighted by molar-refractivity contribution is 6.13. The molecule has 2 unspecified atom stereocenters. The summed E-state index contributed by atoms with van der Waals surface area (Å²) < 4.78 is 15.8. The first kappa shape index (κ1) is 25.5. The number of para-hydroxylation sites is 2. The van der Waals surface area contributed by atoms with Crippen molar-refractivity contribution in [3.8, 4) is 22.6 Å². The van der Waals surface area contributed by atoms with Gasteiger partial charge >= 0.3 is 0 Å². The average molecular weight is 592 g/mol. The van der Waals surface area contributed by atoms with Crippen LogP contribution in [-0.4, -0.2) is 10.2 Å². The molecule has 1 aliphatic carbocycles. The van der Waals surface area contributed by atoms with E-state index in [2.05, 4.69) is 151 Å². The standard InChI is InChI=1S/C43H29NO2/c1-43-35(29-21-24-40-34(26-29)31-15-6-8-20-39(31)45-40)17-10-18-36(43)32-22-23-38-41(42(32)46-43)33-16-5-7-19-37(33)44(38)30-14-9-13-28(25-30)27-11-3-2-4-12-27/h2-26,36H,1H3. The van der Waals surface area contributed by atoms with Crippen LogP contribution >= 0.6 is 0 Å². The minimum Gasteiger partial charge on any atom is -0.481 e. The van der Waals surface area contributed by atoms with Crippen LogP contribution in [-0.2, 0) is 0 Å². The van der Waals surface area contributed by atoms with Gasteiger partial charge in [-0.1, -0.05) is 109 Å². The van der Waals surface area contributed by atoms with E-state index in [-0.39, 0.29) is 5.92 Å². The van der Waals surface area contributed by atoms with Gasteiger partial charge in [0.2, 0.25) is 0 Å². The van der Waals surface area contributed by atoms with Gasteiger partial charge in [-0.3, -0.25) is 0 Å². The van der Waals surface area contributed by atoms with Crippen molar-refractivity contribution in [2.24, 2.45) is 0 Å². The molecule has 218 valence electrons. The van der Waals surface area contributed by atoms with E-state index in [1.165, 1.54) is 33.2 Å². The van der Waals surface area contributed by atoms with Crippen molar-refractivity contribution in [3.63, 3.8) is 0 Å². The van der Waals surface area contributed by atoms with Gasteiger partial charge in [0.05, 0.1) is 16.4 Å². The second kappa shape index (κ2) is 9.35. The normalized spacial score (nSPS) is 18.6. The fourth-order valence-electron chi connectivity index (χ4n) is 7.92. The molecule has 3 heterocycles. The third-order valence-corrected chi connectivity index (χ3v) is 10.1. The summed E-state index contributed by atoms with van der Waals surface area (Å²) in [6.45, 7) is 2.25. The molecule has 0 radical (unpaired) electrons. The molecule has 0 saturated heterocycles. The zero-order valence-electron chi connectivity index (χ0n) is 25.3. The maximum absolute atomic E-state index is 7.25. The lowest BCUT2D eigenvalue weighted by molar-refractivity contribution is 0.168. The summed E-state index contributed by atoms with van der Waals surface area (Å²) in [6, 6.07) is 47.5. The van der Waals surface area contributed by atoms with E-state index >= 15 is 0 Å².